The average molecular weight is 329 g/mol. The van der Waals surface area contributed by atoms with Crippen molar-refractivity contribution in [2.45, 2.75) is 38.9 Å². The number of hydrogen-bond acceptors (Lipinski definition) is 5. The minimum absolute atomic E-state index is 0.151. The zero-order valence-corrected chi connectivity index (χ0v) is 14.0. The van der Waals surface area contributed by atoms with Gasteiger partial charge >= 0.3 is 0 Å². The zero-order valence-electron chi connectivity index (χ0n) is 13.2. The van der Waals surface area contributed by atoms with Gasteiger partial charge in [-0.3, -0.25) is 0 Å². The van der Waals surface area contributed by atoms with Gasteiger partial charge in [0.1, 0.15) is 16.9 Å². The Hall–Kier alpha value is -1.92. The van der Waals surface area contributed by atoms with Crippen LogP contribution in [0.5, 0.6) is 5.75 Å². The second kappa shape index (κ2) is 5.94. The van der Waals surface area contributed by atoms with Crippen molar-refractivity contribution in [2.75, 3.05) is 6.61 Å². The summed E-state index contributed by atoms with van der Waals surface area (Å²) in [6, 6.07) is 8.03. The van der Waals surface area contributed by atoms with Gasteiger partial charge in [-0.2, -0.15) is 5.10 Å². The number of hydrogen-bond donors (Lipinski definition) is 0. The van der Waals surface area contributed by atoms with Crippen LogP contribution in [-0.2, 0) is 4.74 Å². The smallest absolute Gasteiger partial charge is 0.212 e. The van der Waals surface area contributed by atoms with Crippen LogP contribution in [-0.4, -0.2) is 27.3 Å². The van der Waals surface area contributed by atoms with Crippen LogP contribution in [0.3, 0.4) is 0 Å². The minimum Gasteiger partial charge on any atom is -0.491 e. The summed E-state index contributed by atoms with van der Waals surface area (Å²) >= 11 is 1.61. The van der Waals surface area contributed by atoms with E-state index in [-0.39, 0.29) is 12.2 Å². The predicted octanol–water partition coefficient (Wildman–Crippen LogP) is 4.10. The molecule has 120 valence electrons. The molecule has 1 unspecified atom stereocenters. The van der Waals surface area contributed by atoms with Gasteiger partial charge in [-0.15, -0.1) is 0 Å². The average Bonchev–Trinajstić information content (AvgIpc) is 3.22. The third-order valence-electron chi connectivity index (χ3n) is 3.79. The number of nitrogens with zero attached hydrogens (tertiary/aromatic N) is 3. The van der Waals surface area contributed by atoms with Gasteiger partial charge in [0.15, 0.2) is 0 Å². The van der Waals surface area contributed by atoms with Gasteiger partial charge in [0.25, 0.3) is 0 Å². The maximum Gasteiger partial charge on any atom is 0.212 e. The molecule has 1 atom stereocenters. The topological polar surface area (TPSA) is 48.7 Å². The van der Waals surface area contributed by atoms with Gasteiger partial charge in [0.2, 0.25) is 4.96 Å². The van der Waals surface area contributed by atoms with Gasteiger partial charge in [-0.1, -0.05) is 11.3 Å². The quantitative estimate of drug-likeness (QED) is 0.723. The highest BCUT2D eigenvalue weighted by Crippen LogP contribution is 2.32. The molecular weight excluding hydrogens is 310 g/mol. The molecule has 0 bridgehead atoms. The van der Waals surface area contributed by atoms with Crippen LogP contribution in [0.2, 0.25) is 0 Å². The normalized spacial score (nSPS) is 18.1. The molecule has 0 amide bonds. The Kier molecular flexibility index (Phi) is 3.79. The van der Waals surface area contributed by atoms with E-state index in [1.54, 1.807) is 11.3 Å². The molecule has 4 rings (SSSR count). The predicted molar refractivity (Wildman–Crippen MR) is 90.0 cm³/mol. The highest BCUT2D eigenvalue weighted by atomic mass is 32.1. The summed E-state index contributed by atoms with van der Waals surface area (Å²) in [6.45, 7) is 4.88. The van der Waals surface area contributed by atoms with E-state index in [0.29, 0.717) is 0 Å². The number of benzene rings is 1. The molecule has 0 spiro atoms. The number of rotatable bonds is 4. The number of imidazole rings is 1. The fourth-order valence-electron chi connectivity index (χ4n) is 2.73. The first-order valence-electron chi connectivity index (χ1n) is 7.94. The van der Waals surface area contributed by atoms with Crippen molar-refractivity contribution in [1.29, 1.82) is 0 Å². The van der Waals surface area contributed by atoms with E-state index in [1.165, 1.54) is 0 Å². The summed E-state index contributed by atoms with van der Waals surface area (Å²) in [6.07, 6.45) is 4.48. The molecule has 3 heterocycles. The van der Waals surface area contributed by atoms with Crippen LogP contribution in [0, 0.1) is 0 Å². The number of ether oxygens (including phenoxy) is 2. The number of fused-ring (bicyclic) bond motifs is 1. The molecule has 0 aliphatic carbocycles. The molecule has 0 saturated carbocycles. The van der Waals surface area contributed by atoms with Crippen LogP contribution in [0.15, 0.2) is 30.5 Å². The molecule has 3 aromatic rings. The molecule has 6 heteroatoms. The van der Waals surface area contributed by atoms with Gasteiger partial charge in [0.05, 0.1) is 18.0 Å². The molecule has 23 heavy (non-hydrogen) atoms. The summed E-state index contributed by atoms with van der Waals surface area (Å²) < 4.78 is 13.2. The van der Waals surface area contributed by atoms with Crippen LogP contribution in [0.4, 0.5) is 0 Å². The van der Waals surface area contributed by atoms with E-state index < -0.39 is 0 Å². The van der Waals surface area contributed by atoms with E-state index in [4.69, 9.17) is 9.47 Å². The second-order valence-corrected chi connectivity index (χ2v) is 6.97. The molecule has 1 aliphatic rings. The largest absolute Gasteiger partial charge is 0.491 e. The van der Waals surface area contributed by atoms with E-state index in [9.17, 15) is 0 Å². The standard InChI is InChI=1S/C17H19N3O2S/c1-11(2)22-13-7-5-12(6-8-13)14-10-20-17(18-14)23-16(19-20)15-4-3-9-21-15/h5-8,10-11,15H,3-4,9H2,1-2H3. The molecule has 1 aliphatic heterocycles. The zero-order chi connectivity index (χ0) is 15.8. The third kappa shape index (κ3) is 2.96. The lowest BCUT2D eigenvalue weighted by Gasteiger charge is -2.09. The van der Waals surface area contributed by atoms with Crippen LogP contribution < -0.4 is 4.74 Å². The Bertz CT molecular complexity index is 769. The van der Waals surface area contributed by atoms with E-state index in [1.807, 2.05) is 48.8 Å². The first-order valence-corrected chi connectivity index (χ1v) is 8.75. The van der Waals surface area contributed by atoms with Crippen molar-refractivity contribution in [3.63, 3.8) is 0 Å². The van der Waals surface area contributed by atoms with E-state index in [2.05, 4.69) is 10.1 Å². The third-order valence-corrected chi connectivity index (χ3v) is 4.80. The van der Waals surface area contributed by atoms with Crippen molar-refractivity contribution in [1.82, 2.24) is 14.6 Å². The maximum atomic E-state index is 5.69. The Morgan fingerprint density at radius 3 is 2.78 bits per heavy atom. The van der Waals surface area contributed by atoms with Crippen molar-refractivity contribution in [3.8, 4) is 17.0 Å². The Morgan fingerprint density at radius 2 is 2.13 bits per heavy atom. The van der Waals surface area contributed by atoms with Gasteiger partial charge < -0.3 is 9.47 Å². The summed E-state index contributed by atoms with van der Waals surface area (Å²) in [5.74, 6) is 0.878. The second-order valence-electron chi connectivity index (χ2n) is 5.99. The summed E-state index contributed by atoms with van der Waals surface area (Å²) in [4.78, 5) is 5.60. The highest BCUT2D eigenvalue weighted by Gasteiger charge is 2.22. The number of aromatic nitrogens is 3. The monoisotopic (exact) mass is 329 g/mol. The van der Waals surface area contributed by atoms with Crippen LogP contribution in [0.25, 0.3) is 16.2 Å². The van der Waals surface area contributed by atoms with Crippen LogP contribution >= 0.6 is 11.3 Å². The van der Waals surface area contributed by atoms with E-state index in [0.717, 1.165) is 46.4 Å². The Morgan fingerprint density at radius 1 is 1.30 bits per heavy atom. The fraction of sp³-hybridized carbons (Fsp3) is 0.412. The minimum atomic E-state index is 0.151. The van der Waals surface area contributed by atoms with Crippen molar-refractivity contribution >= 4 is 16.3 Å². The summed E-state index contributed by atoms with van der Waals surface area (Å²) in [7, 11) is 0. The van der Waals surface area contributed by atoms with Crippen LogP contribution in [0.1, 0.15) is 37.8 Å². The Labute approximate surface area is 138 Å². The fourth-order valence-corrected chi connectivity index (χ4v) is 3.70. The lowest BCUT2D eigenvalue weighted by atomic mass is 10.1. The van der Waals surface area contributed by atoms with Crippen molar-refractivity contribution < 1.29 is 9.47 Å². The molecule has 1 aromatic carbocycles. The first-order chi connectivity index (χ1) is 11.2. The first kappa shape index (κ1) is 14.7. The van der Waals surface area contributed by atoms with Crippen molar-refractivity contribution in [2.24, 2.45) is 0 Å². The highest BCUT2D eigenvalue weighted by molar-refractivity contribution is 7.16. The summed E-state index contributed by atoms with van der Waals surface area (Å²) in [5, 5.41) is 5.65. The van der Waals surface area contributed by atoms with E-state index >= 15 is 0 Å². The lowest BCUT2D eigenvalue weighted by Crippen LogP contribution is -2.05. The molecule has 0 radical (unpaired) electrons. The van der Waals surface area contributed by atoms with Gasteiger partial charge in [-0.05, 0) is 51.0 Å². The molecule has 2 aromatic heterocycles. The van der Waals surface area contributed by atoms with Gasteiger partial charge in [-0.25, -0.2) is 9.50 Å². The molecule has 0 N–H and O–H groups in total. The molecule has 5 nitrogen and oxygen atoms in total. The molecule has 1 saturated heterocycles. The maximum absolute atomic E-state index is 5.69. The van der Waals surface area contributed by atoms with Crippen molar-refractivity contribution in [3.05, 3.63) is 35.5 Å². The molecule has 1 fully saturated rings. The lowest BCUT2D eigenvalue weighted by molar-refractivity contribution is 0.111. The van der Waals surface area contributed by atoms with Gasteiger partial charge in [0, 0.05) is 12.2 Å². The Balaban J connectivity index is 1.58. The molecular formula is C17H19N3O2S. The summed E-state index contributed by atoms with van der Waals surface area (Å²) in [5.41, 5.74) is 2.00. The SMILES string of the molecule is CC(C)Oc1ccc(-c2cn3nc(C4CCCO4)sc3n2)cc1.